The molecule has 1 unspecified atom stereocenters. The topological polar surface area (TPSA) is 27.0 Å². The second kappa shape index (κ2) is 4.52. The summed E-state index contributed by atoms with van der Waals surface area (Å²) < 4.78 is 13.8. The Balaban J connectivity index is 2.23. The Morgan fingerprint density at radius 3 is 2.94 bits per heavy atom. The third-order valence-corrected chi connectivity index (χ3v) is 3.07. The predicted molar refractivity (Wildman–Crippen MR) is 61.7 cm³/mol. The molecule has 1 fully saturated rings. The van der Waals surface area contributed by atoms with Crippen LogP contribution in [0.2, 0.25) is 0 Å². The number of rotatable bonds is 1. The number of nitrogens with zero attached hydrogens (tertiary/aromatic N) is 2. The van der Waals surface area contributed by atoms with Crippen molar-refractivity contribution in [2.24, 2.45) is 5.92 Å². The molecular formula is C13H15FN2. The Morgan fingerprint density at radius 1 is 1.50 bits per heavy atom. The van der Waals surface area contributed by atoms with Crippen LogP contribution in [0, 0.1) is 23.1 Å². The van der Waals surface area contributed by atoms with Crippen molar-refractivity contribution in [1.29, 1.82) is 5.26 Å². The number of benzene rings is 1. The Kier molecular flexibility index (Phi) is 3.09. The Morgan fingerprint density at radius 2 is 2.31 bits per heavy atom. The highest BCUT2D eigenvalue weighted by atomic mass is 19.1. The molecule has 0 aliphatic carbocycles. The summed E-state index contributed by atoms with van der Waals surface area (Å²) in [5.74, 6) is 0.331. The number of anilines is 1. The lowest BCUT2D eigenvalue weighted by molar-refractivity contribution is 0.442. The summed E-state index contributed by atoms with van der Waals surface area (Å²) in [6, 6.07) is 6.65. The smallest absolute Gasteiger partial charge is 0.147 e. The minimum atomic E-state index is -0.284. The summed E-state index contributed by atoms with van der Waals surface area (Å²) in [6.45, 7) is 4.00. The lowest BCUT2D eigenvalue weighted by Gasteiger charge is -2.33. The summed E-state index contributed by atoms with van der Waals surface area (Å²) in [7, 11) is 0. The number of hydrogen-bond acceptors (Lipinski definition) is 2. The normalized spacial score (nSPS) is 20.6. The molecule has 3 heteroatoms. The van der Waals surface area contributed by atoms with E-state index in [0.717, 1.165) is 19.5 Å². The number of piperidine rings is 1. The molecule has 1 aliphatic heterocycles. The Bertz CT molecular complexity index is 422. The molecular weight excluding hydrogens is 203 g/mol. The van der Waals surface area contributed by atoms with Crippen LogP contribution in [-0.2, 0) is 0 Å². The SMILES string of the molecule is CC1CCCN(c2ccc(C#N)cc2F)C1. The first-order chi connectivity index (χ1) is 7.70. The highest BCUT2D eigenvalue weighted by molar-refractivity contribution is 5.51. The maximum Gasteiger partial charge on any atom is 0.147 e. The number of nitriles is 1. The fourth-order valence-corrected chi connectivity index (χ4v) is 2.24. The summed E-state index contributed by atoms with van der Waals surface area (Å²) in [5, 5.41) is 8.68. The molecule has 0 bridgehead atoms. The van der Waals surface area contributed by atoms with Crippen molar-refractivity contribution >= 4 is 5.69 Å². The van der Waals surface area contributed by atoms with Gasteiger partial charge in [-0.15, -0.1) is 0 Å². The molecule has 1 atom stereocenters. The van der Waals surface area contributed by atoms with Crippen molar-refractivity contribution in [2.75, 3.05) is 18.0 Å². The molecule has 84 valence electrons. The van der Waals surface area contributed by atoms with E-state index in [1.165, 1.54) is 12.5 Å². The van der Waals surface area contributed by atoms with Gasteiger partial charge < -0.3 is 4.90 Å². The average Bonchev–Trinajstić information content (AvgIpc) is 2.28. The van der Waals surface area contributed by atoms with Crippen LogP contribution in [0.1, 0.15) is 25.3 Å². The largest absolute Gasteiger partial charge is 0.369 e. The maximum absolute atomic E-state index is 13.8. The zero-order valence-electron chi connectivity index (χ0n) is 9.41. The van der Waals surface area contributed by atoms with Crippen LogP contribution in [-0.4, -0.2) is 13.1 Å². The highest BCUT2D eigenvalue weighted by Gasteiger charge is 2.19. The molecule has 0 spiro atoms. The van der Waals surface area contributed by atoms with E-state index in [4.69, 9.17) is 5.26 Å². The average molecular weight is 218 g/mol. The minimum absolute atomic E-state index is 0.284. The van der Waals surface area contributed by atoms with E-state index in [1.807, 2.05) is 6.07 Å². The number of halogens is 1. The molecule has 0 saturated carbocycles. The van der Waals surface area contributed by atoms with Gasteiger partial charge in [0.15, 0.2) is 0 Å². The van der Waals surface area contributed by atoms with Crippen LogP contribution < -0.4 is 4.90 Å². The van der Waals surface area contributed by atoms with Gasteiger partial charge in [0.2, 0.25) is 0 Å². The summed E-state index contributed by atoms with van der Waals surface area (Å²) >= 11 is 0. The van der Waals surface area contributed by atoms with Crippen LogP contribution in [0.5, 0.6) is 0 Å². The first-order valence-corrected chi connectivity index (χ1v) is 5.65. The van der Waals surface area contributed by atoms with Crippen molar-refractivity contribution in [2.45, 2.75) is 19.8 Å². The standard InChI is InChI=1S/C13H15FN2/c1-10-3-2-6-16(9-10)13-5-4-11(8-15)7-12(13)14/h4-5,7,10H,2-3,6,9H2,1H3. The van der Waals surface area contributed by atoms with Crippen molar-refractivity contribution < 1.29 is 4.39 Å². The molecule has 1 saturated heterocycles. The van der Waals surface area contributed by atoms with Crippen molar-refractivity contribution in [3.05, 3.63) is 29.6 Å². The molecule has 0 amide bonds. The van der Waals surface area contributed by atoms with Crippen LogP contribution >= 0.6 is 0 Å². The van der Waals surface area contributed by atoms with Gasteiger partial charge >= 0.3 is 0 Å². The summed E-state index contributed by atoms with van der Waals surface area (Å²) in [6.07, 6.45) is 2.33. The third kappa shape index (κ3) is 2.16. The van der Waals surface area contributed by atoms with Gasteiger partial charge in [-0.3, -0.25) is 0 Å². The first kappa shape index (κ1) is 10.9. The fourth-order valence-electron chi connectivity index (χ4n) is 2.24. The molecule has 0 radical (unpaired) electrons. The third-order valence-electron chi connectivity index (χ3n) is 3.07. The fraction of sp³-hybridized carbons (Fsp3) is 0.462. The first-order valence-electron chi connectivity index (χ1n) is 5.65. The number of hydrogen-bond donors (Lipinski definition) is 0. The monoisotopic (exact) mass is 218 g/mol. The van der Waals surface area contributed by atoms with Crippen molar-refractivity contribution in [3.63, 3.8) is 0 Å². The lowest BCUT2D eigenvalue weighted by Crippen LogP contribution is -2.34. The van der Waals surface area contributed by atoms with Gasteiger partial charge in [-0.25, -0.2) is 4.39 Å². The van der Waals surface area contributed by atoms with Gasteiger partial charge in [-0.2, -0.15) is 5.26 Å². The summed E-state index contributed by atoms with van der Waals surface area (Å²) in [5.41, 5.74) is 1.01. The molecule has 1 heterocycles. The van der Waals surface area contributed by atoms with Crippen LogP contribution in [0.15, 0.2) is 18.2 Å². The molecule has 0 N–H and O–H groups in total. The molecule has 1 aliphatic rings. The van der Waals surface area contributed by atoms with E-state index < -0.39 is 0 Å². The Hall–Kier alpha value is -1.56. The van der Waals surface area contributed by atoms with Gasteiger partial charge in [0.05, 0.1) is 17.3 Å². The highest BCUT2D eigenvalue weighted by Crippen LogP contribution is 2.25. The molecule has 0 aromatic heterocycles. The van der Waals surface area contributed by atoms with Gasteiger partial charge in [-0.05, 0) is 37.0 Å². The van der Waals surface area contributed by atoms with Crippen molar-refractivity contribution in [3.8, 4) is 6.07 Å². The zero-order chi connectivity index (χ0) is 11.5. The minimum Gasteiger partial charge on any atom is -0.369 e. The van der Waals surface area contributed by atoms with Crippen LogP contribution in [0.25, 0.3) is 0 Å². The van der Waals surface area contributed by atoms with Gasteiger partial charge in [-0.1, -0.05) is 6.92 Å². The lowest BCUT2D eigenvalue weighted by atomic mass is 9.99. The molecule has 2 nitrogen and oxygen atoms in total. The Labute approximate surface area is 95.3 Å². The van der Waals surface area contributed by atoms with Crippen LogP contribution in [0.3, 0.4) is 0 Å². The van der Waals surface area contributed by atoms with E-state index in [0.29, 0.717) is 17.2 Å². The van der Waals surface area contributed by atoms with Gasteiger partial charge in [0, 0.05) is 13.1 Å². The molecule has 1 aromatic rings. The molecule has 16 heavy (non-hydrogen) atoms. The maximum atomic E-state index is 13.8. The van der Waals surface area contributed by atoms with E-state index in [-0.39, 0.29) is 5.82 Å². The van der Waals surface area contributed by atoms with Gasteiger partial charge in [0.1, 0.15) is 5.82 Å². The van der Waals surface area contributed by atoms with E-state index in [2.05, 4.69) is 11.8 Å². The molecule has 1 aromatic carbocycles. The predicted octanol–water partition coefficient (Wildman–Crippen LogP) is 2.93. The zero-order valence-corrected chi connectivity index (χ0v) is 9.41. The van der Waals surface area contributed by atoms with E-state index in [9.17, 15) is 4.39 Å². The van der Waals surface area contributed by atoms with Crippen molar-refractivity contribution in [1.82, 2.24) is 0 Å². The second-order valence-electron chi connectivity index (χ2n) is 4.47. The van der Waals surface area contributed by atoms with E-state index in [1.54, 1.807) is 12.1 Å². The second-order valence-corrected chi connectivity index (χ2v) is 4.47. The quantitative estimate of drug-likeness (QED) is 0.724. The van der Waals surface area contributed by atoms with Crippen LogP contribution in [0.4, 0.5) is 10.1 Å². The van der Waals surface area contributed by atoms with E-state index >= 15 is 0 Å². The molecule has 2 rings (SSSR count). The summed E-state index contributed by atoms with van der Waals surface area (Å²) in [4.78, 5) is 2.07. The van der Waals surface area contributed by atoms with Gasteiger partial charge in [0.25, 0.3) is 0 Å².